The van der Waals surface area contributed by atoms with E-state index in [0.717, 1.165) is 31.3 Å². The molecule has 10 nitrogen and oxygen atoms in total. The molecule has 0 aromatic carbocycles. The maximum Gasteiger partial charge on any atom is 0.246 e. The zero-order chi connectivity index (χ0) is 21.1. The van der Waals surface area contributed by atoms with Crippen molar-refractivity contribution >= 4 is 34.5 Å². The van der Waals surface area contributed by atoms with Crippen LogP contribution in [-0.4, -0.2) is 59.9 Å². The molecule has 1 atom stereocenters. The van der Waals surface area contributed by atoms with Crippen LogP contribution in [0.4, 0.5) is 17.6 Å². The maximum atomic E-state index is 12.0. The van der Waals surface area contributed by atoms with Crippen LogP contribution in [0, 0.1) is 5.92 Å². The number of hydrogen-bond acceptors (Lipinski definition) is 7. The fourth-order valence-corrected chi connectivity index (χ4v) is 3.64. The van der Waals surface area contributed by atoms with Crippen LogP contribution >= 0.6 is 0 Å². The summed E-state index contributed by atoms with van der Waals surface area (Å²) in [7, 11) is 0. The van der Waals surface area contributed by atoms with E-state index in [1.165, 1.54) is 6.08 Å². The highest BCUT2D eigenvalue weighted by Gasteiger charge is 2.23. The summed E-state index contributed by atoms with van der Waals surface area (Å²) in [5.74, 6) is 2.25. The second-order valence-corrected chi connectivity index (χ2v) is 7.94. The van der Waals surface area contributed by atoms with Crippen LogP contribution in [0.25, 0.3) is 11.0 Å². The molecule has 1 aliphatic rings. The third kappa shape index (κ3) is 4.42. The lowest BCUT2D eigenvalue weighted by molar-refractivity contribution is -0.127. The van der Waals surface area contributed by atoms with E-state index < -0.39 is 0 Å². The SMILES string of the molecule is C=CC(=O)N1CCC[C@@H](Nc2nc(Nc3ccn(CC(C)C)n3)nc3[nH]ncc23)C1. The maximum absolute atomic E-state index is 12.0. The van der Waals surface area contributed by atoms with Gasteiger partial charge in [-0.1, -0.05) is 20.4 Å². The van der Waals surface area contributed by atoms with Crippen molar-refractivity contribution in [1.29, 1.82) is 0 Å². The van der Waals surface area contributed by atoms with Crippen LogP contribution in [0.3, 0.4) is 0 Å². The standard InChI is InChI=1S/C20H27N9O/c1-4-17(30)28-8-5-6-14(12-28)22-18-15-10-21-26-19(15)25-20(24-18)23-16-7-9-29(27-16)11-13(2)3/h4,7,9-10,13-14H,1,5-6,8,11-12H2,2-3H3,(H3,21,22,23,24,25,26,27)/t14-/m1/s1. The Hall–Kier alpha value is -3.43. The van der Waals surface area contributed by atoms with Crippen molar-refractivity contribution in [2.24, 2.45) is 5.92 Å². The third-order valence-corrected chi connectivity index (χ3v) is 4.99. The minimum Gasteiger partial charge on any atom is -0.365 e. The highest BCUT2D eigenvalue weighted by molar-refractivity contribution is 5.88. The molecular formula is C20H27N9O. The summed E-state index contributed by atoms with van der Waals surface area (Å²) in [5, 5.41) is 19.0. The van der Waals surface area contributed by atoms with Crippen molar-refractivity contribution in [2.45, 2.75) is 39.3 Å². The van der Waals surface area contributed by atoms with E-state index in [9.17, 15) is 4.79 Å². The molecule has 3 aromatic heterocycles. The number of rotatable bonds is 7. The van der Waals surface area contributed by atoms with Gasteiger partial charge >= 0.3 is 0 Å². The Kier molecular flexibility index (Phi) is 5.64. The summed E-state index contributed by atoms with van der Waals surface area (Å²) >= 11 is 0. The van der Waals surface area contributed by atoms with Crippen LogP contribution in [0.2, 0.25) is 0 Å². The number of carbonyl (C=O) groups is 1. The largest absolute Gasteiger partial charge is 0.365 e. The number of nitrogens with one attached hydrogen (secondary N) is 3. The number of likely N-dealkylation sites (tertiary alicyclic amines) is 1. The normalized spacial score (nSPS) is 16.8. The van der Waals surface area contributed by atoms with E-state index >= 15 is 0 Å². The molecule has 0 radical (unpaired) electrons. The van der Waals surface area contributed by atoms with Crippen molar-refractivity contribution in [3.63, 3.8) is 0 Å². The summed E-state index contributed by atoms with van der Waals surface area (Å²) in [6.07, 6.45) is 6.88. The summed E-state index contributed by atoms with van der Waals surface area (Å²) in [6.45, 7) is 10.1. The average Bonchev–Trinajstić information content (AvgIpc) is 3.36. The quantitative estimate of drug-likeness (QED) is 0.513. The van der Waals surface area contributed by atoms with Gasteiger partial charge in [0.25, 0.3) is 0 Å². The lowest BCUT2D eigenvalue weighted by Gasteiger charge is -2.32. The molecule has 4 rings (SSSR count). The van der Waals surface area contributed by atoms with Crippen molar-refractivity contribution in [3.05, 3.63) is 31.1 Å². The minimum absolute atomic E-state index is 0.0445. The molecule has 1 saturated heterocycles. The Labute approximate surface area is 174 Å². The molecule has 1 aliphatic heterocycles. The lowest BCUT2D eigenvalue weighted by Crippen LogP contribution is -2.44. The van der Waals surface area contributed by atoms with Gasteiger partial charge in [-0.3, -0.25) is 14.6 Å². The first-order chi connectivity index (χ1) is 14.5. The Balaban J connectivity index is 1.53. The van der Waals surface area contributed by atoms with Gasteiger partial charge in [-0.05, 0) is 24.8 Å². The van der Waals surface area contributed by atoms with Crippen LogP contribution in [-0.2, 0) is 11.3 Å². The molecule has 30 heavy (non-hydrogen) atoms. The highest BCUT2D eigenvalue weighted by atomic mass is 16.2. The monoisotopic (exact) mass is 409 g/mol. The predicted molar refractivity (Wildman–Crippen MR) is 115 cm³/mol. The van der Waals surface area contributed by atoms with E-state index in [1.54, 1.807) is 6.20 Å². The van der Waals surface area contributed by atoms with Crippen LogP contribution in [0.5, 0.6) is 0 Å². The number of piperidine rings is 1. The van der Waals surface area contributed by atoms with Crippen molar-refractivity contribution in [2.75, 3.05) is 23.7 Å². The van der Waals surface area contributed by atoms with Crippen molar-refractivity contribution < 1.29 is 4.79 Å². The van der Waals surface area contributed by atoms with E-state index in [-0.39, 0.29) is 11.9 Å². The van der Waals surface area contributed by atoms with Crippen LogP contribution < -0.4 is 10.6 Å². The lowest BCUT2D eigenvalue weighted by atomic mass is 10.1. The molecule has 3 N–H and O–H groups in total. The topological polar surface area (TPSA) is 117 Å². The number of hydrogen-bond donors (Lipinski definition) is 3. The Morgan fingerprint density at radius 2 is 2.30 bits per heavy atom. The second-order valence-electron chi connectivity index (χ2n) is 7.94. The molecule has 0 spiro atoms. The van der Waals surface area contributed by atoms with Gasteiger partial charge in [0, 0.05) is 37.9 Å². The fourth-order valence-electron chi connectivity index (χ4n) is 3.64. The first kappa shape index (κ1) is 19.9. The van der Waals surface area contributed by atoms with Gasteiger partial charge in [-0.25, -0.2) is 0 Å². The van der Waals surface area contributed by atoms with E-state index in [2.05, 4.69) is 56.3 Å². The van der Waals surface area contributed by atoms with E-state index in [1.807, 2.05) is 21.8 Å². The molecule has 0 saturated carbocycles. The summed E-state index contributed by atoms with van der Waals surface area (Å²) in [6, 6.07) is 1.99. The van der Waals surface area contributed by atoms with Gasteiger partial charge < -0.3 is 15.5 Å². The van der Waals surface area contributed by atoms with Crippen LogP contribution in [0.1, 0.15) is 26.7 Å². The van der Waals surface area contributed by atoms with E-state index in [4.69, 9.17) is 0 Å². The minimum atomic E-state index is -0.0445. The van der Waals surface area contributed by atoms with Gasteiger partial charge in [0.05, 0.1) is 11.6 Å². The highest BCUT2D eigenvalue weighted by Crippen LogP contribution is 2.24. The number of amides is 1. The first-order valence-corrected chi connectivity index (χ1v) is 10.2. The fraction of sp³-hybridized carbons (Fsp3) is 0.450. The van der Waals surface area contributed by atoms with Crippen molar-refractivity contribution in [1.82, 2.24) is 34.8 Å². The van der Waals surface area contributed by atoms with Gasteiger partial charge in [-0.2, -0.15) is 20.2 Å². The molecule has 0 aliphatic carbocycles. The number of anilines is 3. The third-order valence-electron chi connectivity index (χ3n) is 4.99. The number of nitrogens with zero attached hydrogens (tertiary/aromatic N) is 6. The summed E-state index contributed by atoms with van der Waals surface area (Å²) < 4.78 is 1.90. The predicted octanol–water partition coefficient (Wildman–Crippen LogP) is 2.54. The molecule has 0 bridgehead atoms. The average molecular weight is 409 g/mol. The molecule has 1 fully saturated rings. The smallest absolute Gasteiger partial charge is 0.246 e. The number of aromatic amines is 1. The number of H-pyrrole nitrogens is 1. The van der Waals surface area contributed by atoms with Gasteiger partial charge in [0.15, 0.2) is 11.5 Å². The summed E-state index contributed by atoms with van der Waals surface area (Å²) in [5.41, 5.74) is 0.631. The molecule has 158 valence electrons. The number of fused-ring (bicyclic) bond motifs is 1. The molecule has 0 unspecified atom stereocenters. The van der Waals surface area contributed by atoms with Gasteiger partial charge in [0.1, 0.15) is 5.82 Å². The zero-order valence-corrected chi connectivity index (χ0v) is 17.3. The molecule has 3 aromatic rings. The Morgan fingerprint density at radius 3 is 3.10 bits per heavy atom. The first-order valence-electron chi connectivity index (χ1n) is 10.2. The van der Waals surface area contributed by atoms with Crippen LogP contribution in [0.15, 0.2) is 31.1 Å². The molecule has 1 amide bonds. The Morgan fingerprint density at radius 1 is 1.43 bits per heavy atom. The summed E-state index contributed by atoms with van der Waals surface area (Å²) in [4.78, 5) is 23.0. The second kappa shape index (κ2) is 8.52. The van der Waals surface area contributed by atoms with Gasteiger partial charge in [-0.15, -0.1) is 0 Å². The molecule has 10 heteroatoms. The Bertz CT molecular complexity index is 1040. The zero-order valence-electron chi connectivity index (χ0n) is 17.3. The van der Waals surface area contributed by atoms with Gasteiger partial charge in [0.2, 0.25) is 11.9 Å². The molecular weight excluding hydrogens is 382 g/mol. The number of aromatic nitrogens is 6. The van der Waals surface area contributed by atoms with Crippen molar-refractivity contribution in [3.8, 4) is 0 Å². The number of carbonyl (C=O) groups excluding carboxylic acids is 1. The van der Waals surface area contributed by atoms with E-state index in [0.29, 0.717) is 35.7 Å². The molecule has 4 heterocycles.